The summed E-state index contributed by atoms with van der Waals surface area (Å²) in [5.74, 6) is 0.524. The van der Waals surface area contributed by atoms with Crippen LogP contribution in [-0.4, -0.2) is 62.3 Å². The maximum absolute atomic E-state index is 12.2. The molecule has 2 fully saturated rings. The van der Waals surface area contributed by atoms with Gasteiger partial charge in [0, 0.05) is 48.1 Å². The lowest BCUT2D eigenvalue weighted by Gasteiger charge is -2.38. The number of carbonyl (C=O) groups excluding carboxylic acids is 2. The highest BCUT2D eigenvalue weighted by molar-refractivity contribution is 5.89. The first-order valence-corrected chi connectivity index (χ1v) is 11.1. The number of rotatable bonds is 4. The van der Waals surface area contributed by atoms with Gasteiger partial charge in [-0.2, -0.15) is 9.61 Å². The summed E-state index contributed by atoms with van der Waals surface area (Å²) in [6, 6.07) is 9.35. The summed E-state index contributed by atoms with van der Waals surface area (Å²) in [4.78, 5) is 30.5. The van der Waals surface area contributed by atoms with Gasteiger partial charge in [0.1, 0.15) is 12.4 Å². The van der Waals surface area contributed by atoms with Crippen molar-refractivity contribution in [2.45, 2.75) is 43.7 Å². The van der Waals surface area contributed by atoms with Gasteiger partial charge >= 0.3 is 6.03 Å². The van der Waals surface area contributed by atoms with Crippen molar-refractivity contribution in [1.82, 2.24) is 24.8 Å². The van der Waals surface area contributed by atoms with Gasteiger partial charge < -0.3 is 26.4 Å². The first kappa shape index (κ1) is 21.2. The molecule has 0 saturated carbocycles. The molecule has 0 spiro atoms. The van der Waals surface area contributed by atoms with E-state index in [-0.39, 0.29) is 29.9 Å². The predicted octanol–water partition coefficient (Wildman–Crippen LogP) is 1.96. The number of amides is 3. The van der Waals surface area contributed by atoms with Crippen molar-refractivity contribution < 1.29 is 14.7 Å². The molecule has 0 radical (unpaired) electrons. The predicted molar refractivity (Wildman–Crippen MR) is 124 cm³/mol. The van der Waals surface area contributed by atoms with E-state index in [9.17, 15) is 14.7 Å². The highest BCUT2D eigenvalue weighted by atomic mass is 16.3. The van der Waals surface area contributed by atoms with Crippen molar-refractivity contribution >= 4 is 29.1 Å². The first-order valence-electron chi connectivity index (χ1n) is 11.1. The van der Waals surface area contributed by atoms with E-state index in [0.717, 1.165) is 42.5 Å². The molecule has 1 unspecified atom stereocenters. The Bertz CT molecular complexity index is 1190. The number of nitrogens with one attached hydrogen (secondary N) is 2. The molecular formula is C23H27N7O3. The number of urea groups is 1. The SMILES string of the molecule is CNC(=O)Nc1ccc(-c2cnn3c(N)cc(C4C[C@H]5CC[C@@H](C4)N5C(=O)CO)nc23)cc1. The van der Waals surface area contributed by atoms with Crippen LogP contribution in [-0.2, 0) is 4.79 Å². The van der Waals surface area contributed by atoms with E-state index >= 15 is 0 Å². The summed E-state index contributed by atoms with van der Waals surface area (Å²) < 4.78 is 1.63. The van der Waals surface area contributed by atoms with E-state index in [0.29, 0.717) is 17.2 Å². The van der Waals surface area contributed by atoms with Crippen molar-refractivity contribution in [2.24, 2.45) is 0 Å². The summed E-state index contributed by atoms with van der Waals surface area (Å²) in [5, 5.41) is 19.0. The van der Waals surface area contributed by atoms with Crippen LogP contribution in [0.3, 0.4) is 0 Å². The molecule has 2 saturated heterocycles. The number of nitrogens with zero attached hydrogens (tertiary/aromatic N) is 4. The number of hydrogen-bond acceptors (Lipinski definition) is 6. The number of aliphatic hydroxyl groups excluding tert-OH is 1. The summed E-state index contributed by atoms with van der Waals surface area (Å²) in [6.07, 6.45) is 5.29. The van der Waals surface area contributed by atoms with E-state index < -0.39 is 6.61 Å². The standard InChI is InChI=1S/C23H27N7O3/c1-25-23(33)27-15-4-2-13(3-5-15)18-11-26-30-20(24)10-19(28-22(18)30)14-8-16-6-7-17(9-14)29(16)21(32)12-31/h2-5,10-11,14,16-17,31H,6-9,12,24H2,1H3,(H2,25,27,33)/t14?,16-,17+. The van der Waals surface area contributed by atoms with Crippen LogP contribution in [0.25, 0.3) is 16.8 Å². The molecule has 2 aliphatic heterocycles. The minimum atomic E-state index is -0.439. The molecule has 1 aromatic carbocycles. The average Bonchev–Trinajstić information content (AvgIpc) is 3.37. The maximum atomic E-state index is 12.2. The molecule has 5 N–H and O–H groups in total. The lowest BCUT2D eigenvalue weighted by atomic mass is 9.87. The summed E-state index contributed by atoms with van der Waals surface area (Å²) in [5.41, 5.74) is 10.4. The van der Waals surface area contributed by atoms with Crippen LogP contribution >= 0.6 is 0 Å². The van der Waals surface area contributed by atoms with E-state index in [1.807, 2.05) is 35.2 Å². The van der Waals surface area contributed by atoms with E-state index in [2.05, 4.69) is 15.7 Å². The molecule has 3 aromatic rings. The lowest BCUT2D eigenvalue weighted by Crippen LogP contribution is -2.47. The quantitative estimate of drug-likeness (QED) is 0.480. The second-order valence-electron chi connectivity index (χ2n) is 8.69. The van der Waals surface area contributed by atoms with Crippen molar-refractivity contribution in [3.05, 3.63) is 42.2 Å². The van der Waals surface area contributed by atoms with Crippen LogP contribution < -0.4 is 16.4 Å². The Labute approximate surface area is 190 Å². The van der Waals surface area contributed by atoms with Gasteiger partial charge in [-0.1, -0.05) is 12.1 Å². The molecule has 4 heterocycles. The summed E-state index contributed by atoms with van der Waals surface area (Å²) in [7, 11) is 1.57. The van der Waals surface area contributed by atoms with Gasteiger partial charge in [-0.05, 0) is 43.4 Å². The fraction of sp³-hybridized carbons (Fsp3) is 0.391. The van der Waals surface area contributed by atoms with Gasteiger partial charge in [0.25, 0.3) is 0 Å². The average molecular weight is 450 g/mol. The molecular weight excluding hydrogens is 422 g/mol. The van der Waals surface area contributed by atoms with Crippen LogP contribution in [0.15, 0.2) is 36.5 Å². The topological polar surface area (TPSA) is 138 Å². The number of piperidine rings is 1. The molecule has 10 nitrogen and oxygen atoms in total. The monoisotopic (exact) mass is 449 g/mol. The van der Waals surface area contributed by atoms with E-state index in [4.69, 9.17) is 10.7 Å². The number of aliphatic hydroxyl groups is 1. The molecule has 10 heteroatoms. The smallest absolute Gasteiger partial charge is 0.318 e. The third-order valence-corrected chi connectivity index (χ3v) is 6.77. The highest BCUT2D eigenvalue weighted by Crippen LogP contribution is 2.43. The minimum absolute atomic E-state index is 0.136. The normalized spacial score (nSPS) is 21.9. The van der Waals surface area contributed by atoms with Gasteiger partial charge in [-0.15, -0.1) is 0 Å². The van der Waals surface area contributed by atoms with Crippen molar-refractivity contribution in [3.8, 4) is 11.1 Å². The largest absolute Gasteiger partial charge is 0.387 e. The van der Waals surface area contributed by atoms with Gasteiger partial charge in [0.2, 0.25) is 5.91 Å². The van der Waals surface area contributed by atoms with Gasteiger partial charge in [-0.25, -0.2) is 9.78 Å². The second kappa shape index (κ2) is 8.36. The first-order chi connectivity index (χ1) is 16.0. The number of benzene rings is 1. The molecule has 172 valence electrons. The Balaban J connectivity index is 1.44. The van der Waals surface area contributed by atoms with Gasteiger partial charge in [-0.3, -0.25) is 4.79 Å². The summed E-state index contributed by atoms with van der Waals surface area (Å²) >= 11 is 0. The molecule has 2 aliphatic rings. The molecule has 3 atom stereocenters. The Morgan fingerprint density at radius 3 is 2.52 bits per heavy atom. The van der Waals surface area contributed by atoms with Crippen LogP contribution in [0, 0.1) is 0 Å². The minimum Gasteiger partial charge on any atom is -0.387 e. The molecule has 0 aliphatic carbocycles. The van der Waals surface area contributed by atoms with E-state index in [1.54, 1.807) is 17.8 Å². The molecule has 2 aromatic heterocycles. The van der Waals surface area contributed by atoms with Crippen molar-refractivity contribution in [3.63, 3.8) is 0 Å². The Kier molecular flexibility index (Phi) is 5.37. The molecule has 33 heavy (non-hydrogen) atoms. The lowest BCUT2D eigenvalue weighted by molar-refractivity contribution is -0.138. The number of nitrogen functional groups attached to an aromatic ring is 1. The zero-order valence-corrected chi connectivity index (χ0v) is 18.4. The Morgan fingerprint density at radius 1 is 1.18 bits per heavy atom. The molecule has 3 amide bonds. The second-order valence-corrected chi connectivity index (χ2v) is 8.69. The van der Waals surface area contributed by atoms with Crippen LogP contribution in [0.1, 0.15) is 37.3 Å². The van der Waals surface area contributed by atoms with Crippen molar-refractivity contribution in [1.29, 1.82) is 0 Å². The molecule has 5 rings (SSSR count). The maximum Gasteiger partial charge on any atom is 0.318 e. The van der Waals surface area contributed by atoms with Crippen LogP contribution in [0.5, 0.6) is 0 Å². The van der Waals surface area contributed by atoms with Crippen molar-refractivity contribution in [2.75, 3.05) is 24.7 Å². The zero-order valence-electron chi connectivity index (χ0n) is 18.4. The number of anilines is 2. The van der Waals surface area contributed by atoms with Crippen LogP contribution in [0.2, 0.25) is 0 Å². The van der Waals surface area contributed by atoms with E-state index in [1.165, 1.54) is 0 Å². The zero-order chi connectivity index (χ0) is 23.1. The number of hydrogen-bond donors (Lipinski definition) is 4. The fourth-order valence-electron chi connectivity index (χ4n) is 5.25. The molecule has 2 bridgehead atoms. The third-order valence-electron chi connectivity index (χ3n) is 6.77. The number of aromatic nitrogens is 3. The summed E-state index contributed by atoms with van der Waals surface area (Å²) in [6.45, 7) is -0.439. The highest BCUT2D eigenvalue weighted by Gasteiger charge is 2.43. The van der Waals surface area contributed by atoms with Gasteiger partial charge in [0.05, 0.1) is 6.20 Å². The van der Waals surface area contributed by atoms with Gasteiger partial charge in [0.15, 0.2) is 5.65 Å². The Morgan fingerprint density at radius 2 is 1.88 bits per heavy atom. The number of nitrogens with two attached hydrogens (primary N) is 1. The fourth-order valence-corrected chi connectivity index (χ4v) is 5.25. The van der Waals surface area contributed by atoms with Crippen LogP contribution in [0.4, 0.5) is 16.3 Å². The number of carbonyl (C=O) groups is 2. The Hall–Kier alpha value is -3.66. The third kappa shape index (κ3) is 3.76. The number of fused-ring (bicyclic) bond motifs is 3.